The Labute approximate surface area is 101 Å². The minimum Gasteiger partial charge on any atom is -0.323 e. The van der Waals surface area contributed by atoms with Crippen LogP contribution in [0.3, 0.4) is 0 Å². The molecule has 17 heavy (non-hydrogen) atoms. The van der Waals surface area contributed by atoms with Gasteiger partial charge in [-0.15, -0.1) is 0 Å². The Morgan fingerprint density at radius 1 is 1.47 bits per heavy atom. The number of anilines is 1. The van der Waals surface area contributed by atoms with Crippen LogP contribution in [0.4, 0.5) is 5.69 Å². The molecule has 7 heteroatoms. The van der Waals surface area contributed by atoms with Crippen molar-refractivity contribution in [3.63, 3.8) is 0 Å². The van der Waals surface area contributed by atoms with Crippen molar-refractivity contribution >= 4 is 15.7 Å². The Morgan fingerprint density at radius 3 is 2.88 bits per heavy atom. The maximum absolute atomic E-state index is 12.0. The molecule has 0 aliphatic heterocycles. The zero-order valence-electron chi connectivity index (χ0n) is 9.39. The first-order valence-corrected chi connectivity index (χ1v) is 7.02. The predicted molar refractivity (Wildman–Crippen MR) is 64.6 cm³/mol. The lowest BCUT2D eigenvalue weighted by molar-refractivity contribution is 0.575. The van der Waals surface area contributed by atoms with E-state index in [0.717, 1.165) is 6.42 Å². The fourth-order valence-electron chi connectivity index (χ4n) is 1.60. The summed E-state index contributed by atoms with van der Waals surface area (Å²) in [6.45, 7) is 0.464. The van der Waals surface area contributed by atoms with Gasteiger partial charge < -0.3 is 5.43 Å². The van der Waals surface area contributed by atoms with E-state index in [2.05, 4.69) is 15.1 Å². The summed E-state index contributed by atoms with van der Waals surface area (Å²) in [5.41, 5.74) is 2.70. The number of hydrazine groups is 1. The molecular weight excluding hydrogens is 240 g/mol. The van der Waals surface area contributed by atoms with Crippen LogP contribution in [0.15, 0.2) is 23.4 Å². The van der Waals surface area contributed by atoms with Crippen LogP contribution in [0.2, 0.25) is 0 Å². The topological polar surface area (TPSA) is 97.1 Å². The van der Waals surface area contributed by atoms with Gasteiger partial charge in [0.2, 0.25) is 10.0 Å². The maximum Gasteiger partial charge on any atom is 0.244 e. The van der Waals surface area contributed by atoms with Crippen molar-refractivity contribution < 1.29 is 8.42 Å². The Balaban J connectivity index is 2.06. The second-order valence-electron chi connectivity index (χ2n) is 4.15. The summed E-state index contributed by atoms with van der Waals surface area (Å²) in [6, 6.07) is 1.52. The molecule has 1 heterocycles. The van der Waals surface area contributed by atoms with Gasteiger partial charge in [-0.05, 0) is 18.4 Å². The van der Waals surface area contributed by atoms with Gasteiger partial charge in [-0.2, -0.15) is 0 Å². The molecule has 1 saturated carbocycles. The van der Waals surface area contributed by atoms with Crippen LogP contribution in [0.5, 0.6) is 0 Å². The first-order valence-electron chi connectivity index (χ1n) is 5.54. The smallest absolute Gasteiger partial charge is 0.244 e. The van der Waals surface area contributed by atoms with Crippen molar-refractivity contribution in [2.24, 2.45) is 11.8 Å². The average molecular weight is 256 g/mol. The lowest BCUT2D eigenvalue weighted by Gasteiger charge is -2.09. The lowest BCUT2D eigenvalue weighted by Crippen LogP contribution is -2.26. The summed E-state index contributed by atoms with van der Waals surface area (Å²) >= 11 is 0. The van der Waals surface area contributed by atoms with Crippen molar-refractivity contribution in [3.8, 4) is 0 Å². The van der Waals surface area contributed by atoms with Gasteiger partial charge >= 0.3 is 0 Å². The predicted octanol–water partition coefficient (Wildman–Crippen LogP) is 0.446. The van der Waals surface area contributed by atoms with E-state index >= 15 is 0 Å². The van der Waals surface area contributed by atoms with Gasteiger partial charge in [0.25, 0.3) is 0 Å². The summed E-state index contributed by atoms with van der Waals surface area (Å²) in [5, 5.41) is 0. The number of pyridine rings is 1. The highest BCUT2D eigenvalue weighted by molar-refractivity contribution is 7.89. The van der Waals surface area contributed by atoms with Crippen molar-refractivity contribution in [2.45, 2.75) is 24.2 Å². The molecule has 0 unspecified atom stereocenters. The molecule has 1 aliphatic carbocycles. The molecule has 1 aliphatic rings. The monoisotopic (exact) mass is 256 g/mol. The molecule has 4 N–H and O–H groups in total. The van der Waals surface area contributed by atoms with E-state index in [-0.39, 0.29) is 4.90 Å². The summed E-state index contributed by atoms with van der Waals surface area (Å²) in [6.07, 6.45) is 6.09. The first-order chi connectivity index (χ1) is 8.13. The molecule has 0 amide bonds. The van der Waals surface area contributed by atoms with Gasteiger partial charge in [0.15, 0.2) is 0 Å². The van der Waals surface area contributed by atoms with Gasteiger partial charge in [0.05, 0.1) is 5.69 Å². The fraction of sp³-hybridized carbons (Fsp3) is 0.500. The third-order valence-corrected chi connectivity index (χ3v) is 4.26. The van der Waals surface area contributed by atoms with E-state index < -0.39 is 10.0 Å². The number of nitrogens with two attached hydrogens (primary N) is 1. The Bertz CT molecular complexity index is 485. The molecule has 94 valence electrons. The Kier molecular flexibility index (Phi) is 3.60. The van der Waals surface area contributed by atoms with Crippen LogP contribution in [0.1, 0.15) is 19.3 Å². The maximum atomic E-state index is 12.0. The minimum atomic E-state index is -3.53. The zero-order valence-corrected chi connectivity index (χ0v) is 10.2. The second kappa shape index (κ2) is 4.99. The molecule has 0 saturated heterocycles. The van der Waals surface area contributed by atoms with E-state index in [0.29, 0.717) is 18.2 Å². The number of nitrogens with one attached hydrogen (secondary N) is 2. The van der Waals surface area contributed by atoms with E-state index in [1.807, 2.05) is 0 Å². The minimum absolute atomic E-state index is 0.0818. The summed E-state index contributed by atoms with van der Waals surface area (Å²) in [7, 11) is -3.53. The van der Waals surface area contributed by atoms with E-state index in [4.69, 9.17) is 5.84 Å². The molecule has 1 fully saturated rings. The molecule has 0 bridgehead atoms. The number of nitrogen functional groups attached to an aromatic ring is 1. The van der Waals surface area contributed by atoms with Crippen molar-refractivity contribution in [1.29, 1.82) is 0 Å². The van der Waals surface area contributed by atoms with Gasteiger partial charge in [-0.25, -0.2) is 13.1 Å². The molecule has 1 aromatic rings. The van der Waals surface area contributed by atoms with Crippen LogP contribution in [0.25, 0.3) is 0 Å². The SMILES string of the molecule is NNc1ccncc1S(=O)(=O)NCCC1CC1. The number of aromatic nitrogens is 1. The second-order valence-corrected chi connectivity index (χ2v) is 5.88. The van der Waals surface area contributed by atoms with Gasteiger partial charge in [-0.3, -0.25) is 10.8 Å². The molecular formula is C10H16N4O2S. The fourth-order valence-corrected chi connectivity index (χ4v) is 2.75. The van der Waals surface area contributed by atoms with Crippen molar-refractivity contribution in [1.82, 2.24) is 9.71 Å². The highest BCUT2D eigenvalue weighted by Gasteiger charge is 2.23. The standard InChI is InChI=1S/C10H16N4O2S/c11-14-9-4-5-12-7-10(9)17(15,16)13-6-3-8-1-2-8/h4-5,7-8,13H,1-3,6,11H2,(H,12,14). The normalized spacial score (nSPS) is 15.8. The molecule has 1 aromatic heterocycles. The number of rotatable bonds is 6. The van der Waals surface area contributed by atoms with Crippen LogP contribution in [-0.4, -0.2) is 19.9 Å². The number of sulfonamides is 1. The largest absolute Gasteiger partial charge is 0.323 e. The molecule has 0 spiro atoms. The average Bonchev–Trinajstić information content (AvgIpc) is 3.13. The van der Waals surface area contributed by atoms with Crippen LogP contribution < -0.4 is 16.0 Å². The third kappa shape index (κ3) is 3.15. The number of nitrogens with zero attached hydrogens (tertiary/aromatic N) is 1. The molecule has 6 nitrogen and oxygen atoms in total. The Morgan fingerprint density at radius 2 is 2.24 bits per heavy atom. The number of hydrogen-bond donors (Lipinski definition) is 3. The summed E-state index contributed by atoms with van der Waals surface area (Å²) < 4.78 is 26.5. The van der Waals surface area contributed by atoms with Crippen molar-refractivity contribution in [2.75, 3.05) is 12.0 Å². The van der Waals surface area contributed by atoms with Crippen LogP contribution in [0, 0.1) is 5.92 Å². The molecule has 0 atom stereocenters. The highest BCUT2D eigenvalue weighted by Crippen LogP contribution is 2.31. The van der Waals surface area contributed by atoms with Crippen LogP contribution in [-0.2, 0) is 10.0 Å². The zero-order chi connectivity index (χ0) is 12.3. The highest BCUT2D eigenvalue weighted by atomic mass is 32.2. The van der Waals surface area contributed by atoms with Crippen molar-refractivity contribution in [3.05, 3.63) is 18.5 Å². The van der Waals surface area contributed by atoms with Gasteiger partial charge in [0, 0.05) is 18.9 Å². The molecule has 0 aromatic carbocycles. The van der Waals surface area contributed by atoms with E-state index in [1.54, 1.807) is 0 Å². The van der Waals surface area contributed by atoms with Gasteiger partial charge in [-0.1, -0.05) is 12.8 Å². The first kappa shape index (κ1) is 12.3. The Hall–Kier alpha value is -1.18. The number of hydrogen-bond acceptors (Lipinski definition) is 5. The lowest BCUT2D eigenvalue weighted by atomic mass is 10.3. The third-order valence-electron chi connectivity index (χ3n) is 2.77. The van der Waals surface area contributed by atoms with E-state index in [1.165, 1.54) is 31.3 Å². The van der Waals surface area contributed by atoms with E-state index in [9.17, 15) is 8.42 Å². The van der Waals surface area contributed by atoms with Gasteiger partial charge in [0.1, 0.15) is 4.90 Å². The molecule has 0 radical (unpaired) electrons. The quantitative estimate of drug-likeness (QED) is 0.507. The summed E-state index contributed by atoms with van der Waals surface area (Å²) in [4.78, 5) is 3.88. The van der Waals surface area contributed by atoms with Crippen LogP contribution >= 0.6 is 0 Å². The molecule has 2 rings (SSSR count). The summed E-state index contributed by atoms with van der Waals surface area (Å²) in [5.74, 6) is 5.96.